The maximum atomic E-state index is 13.7. The molecule has 0 spiro atoms. The zero-order chi connectivity index (χ0) is 14.8. The molecule has 3 rings (SSSR count). The molecular formula is C15H20FN3O2. The van der Waals surface area contributed by atoms with E-state index in [1.165, 1.54) is 31.5 Å². The summed E-state index contributed by atoms with van der Waals surface area (Å²) < 4.78 is 13.7. The van der Waals surface area contributed by atoms with Crippen LogP contribution in [0.2, 0.25) is 0 Å². The Balaban J connectivity index is 1.68. The van der Waals surface area contributed by atoms with Crippen LogP contribution in [0.5, 0.6) is 0 Å². The topological polar surface area (TPSA) is 49.6 Å². The Morgan fingerprint density at radius 3 is 2.86 bits per heavy atom. The second kappa shape index (κ2) is 6.07. The van der Waals surface area contributed by atoms with Gasteiger partial charge in [-0.1, -0.05) is 6.07 Å². The first-order valence-corrected chi connectivity index (χ1v) is 7.53. The van der Waals surface area contributed by atoms with Crippen LogP contribution in [0.15, 0.2) is 18.2 Å². The minimum Gasteiger partial charge on any atom is -0.299 e. The highest BCUT2D eigenvalue weighted by molar-refractivity contribution is 5.35. The molecule has 0 saturated carbocycles. The molecule has 2 saturated heterocycles. The van der Waals surface area contributed by atoms with Crippen LogP contribution in [-0.2, 0) is 6.54 Å². The van der Waals surface area contributed by atoms with Gasteiger partial charge < -0.3 is 0 Å². The summed E-state index contributed by atoms with van der Waals surface area (Å²) in [4.78, 5) is 14.9. The van der Waals surface area contributed by atoms with Crippen LogP contribution in [0.4, 0.5) is 10.1 Å². The average Bonchev–Trinajstić information content (AvgIpc) is 2.77. The molecule has 1 aromatic rings. The van der Waals surface area contributed by atoms with Crippen molar-refractivity contribution in [2.24, 2.45) is 0 Å². The highest BCUT2D eigenvalue weighted by atomic mass is 19.1. The van der Waals surface area contributed by atoms with E-state index in [-0.39, 0.29) is 0 Å². The summed E-state index contributed by atoms with van der Waals surface area (Å²) in [6.45, 7) is 5.03. The Hall–Kier alpha value is -1.53. The lowest BCUT2D eigenvalue weighted by atomic mass is 10.1. The van der Waals surface area contributed by atoms with Gasteiger partial charge in [0.2, 0.25) is 5.82 Å². The standard InChI is InChI=1S/C15H20FN3O2/c16-14-9-12(4-5-15(14)19(20)21)10-17-6-2-8-18-7-1-3-13(18)11-17/h4-5,9,13H,1-3,6-8,10-11H2. The first kappa shape index (κ1) is 14.4. The fourth-order valence-electron chi connectivity index (χ4n) is 3.48. The number of rotatable bonds is 3. The van der Waals surface area contributed by atoms with Crippen molar-refractivity contribution in [3.8, 4) is 0 Å². The highest BCUT2D eigenvalue weighted by Gasteiger charge is 2.28. The molecule has 0 aromatic heterocycles. The predicted octanol–water partition coefficient (Wildman–Crippen LogP) is 2.40. The third-order valence-electron chi connectivity index (χ3n) is 4.50. The minimum absolute atomic E-state index is 0.448. The number of hydrogen-bond donors (Lipinski definition) is 0. The zero-order valence-electron chi connectivity index (χ0n) is 12.0. The molecule has 114 valence electrons. The van der Waals surface area contributed by atoms with Crippen LogP contribution in [0.3, 0.4) is 0 Å². The zero-order valence-corrected chi connectivity index (χ0v) is 12.0. The summed E-state index contributed by atoms with van der Waals surface area (Å²) in [6.07, 6.45) is 3.64. The van der Waals surface area contributed by atoms with Crippen LogP contribution in [0.25, 0.3) is 0 Å². The van der Waals surface area contributed by atoms with Crippen LogP contribution in [-0.4, -0.2) is 46.9 Å². The molecule has 1 unspecified atom stereocenters. The lowest BCUT2D eigenvalue weighted by Crippen LogP contribution is -2.36. The van der Waals surface area contributed by atoms with Crippen molar-refractivity contribution in [2.75, 3.05) is 26.2 Å². The number of halogens is 1. The smallest absolute Gasteiger partial charge is 0.299 e. The fourth-order valence-corrected chi connectivity index (χ4v) is 3.48. The van der Waals surface area contributed by atoms with Gasteiger partial charge in [-0.2, -0.15) is 4.39 Å². The van der Waals surface area contributed by atoms with Crippen molar-refractivity contribution in [1.29, 1.82) is 0 Å². The van der Waals surface area contributed by atoms with E-state index in [0.29, 0.717) is 12.6 Å². The molecule has 2 fully saturated rings. The molecule has 2 aliphatic heterocycles. The monoisotopic (exact) mass is 293 g/mol. The molecule has 1 aromatic carbocycles. The molecule has 0 aliphatic carbocycles. The van der Waals surface area contributed by atoms with Crippen molar-refractivity contribution < 1.29 is 9.31 Å². The molecule has 0 radical (unpaired) electrons. The summed E-state index contributed by atoms with van der Waals surface area (Å²) in [5.74, 6) is -0.741. The van der Waals surface area contributed by atoms with Gasteiger partial charge in [-0.3, -0.25) is 19.9 Å². The van der Waals surface area contributed by atoms with Crippen LogP contribution in [0, 0.1) is 15.9 Å². The Morgan fingerprint density at radius 2 is 2.10 bits per heavy atom. The van der Waals surface area contributed by atoms with E-state index in [0.717, 1.165) is 31.6 Å². The van der Waals surface area contributed by atoms with Gasteiger partial charge in [0.25, 0.3) is 0 Å². The molecule has 0 N–H and O–H groups in total. The predicted molar refractivity (Wildman–Crippen MR) is 77.5 cm³/mol. The molecule has 5 nitrogen and oxygen atoms in total. The summed E-state index contributed by atoms with van der Waals surface area (Å²) in [6, 6.07) is 4.86. The molecule has 21 heavy (non-hydrogen) atoms. The first-order chi connectivity index (χ1) is 10.1. The second-order valence-corrected chi connectivity index (χ2v) is 5.96. The molecule has 0 bridgehead atoms. The molecule has 2 heterocycles. The van der Waals surface area contributed by atoms with Crippen molar-refractivity contribution in [3.05, 3.63) is 39.7 Å². The SMILES string of the molecule is O=[N+]([O-])c1ccc(CN2CCCN3CCCC3C2)cc1F. The summed E-state index contributed by atoms with van der Waals surface area (Å²) in [7, 11) is 0. The molecule has 1 atom stereocenters. The van der Waals surface area contributed by atoms with E-state index in [4.69, 9.17) is 0 Å². The van der Waals surface area contributed by atoms with Gasteiger partial charge in [-0.25, -0.2) is 0 Å². The van der Waals surface area contributed by atoms with E-state index in [1.54, 1.807) is 6.07 Å². The fraction of sp³-hybridized carbons (Fsp3) is 0.600. The Kier molecular flexibility index (Phi) is 4.17. The normalized spacial score (nSPS) is 23.8. The average molecular weight is 293 g/mol. The largest absolute Gasteiger partial charge is 0.304 e. The van der Waals surface area contributed by atoms with Gasteiger partial charge in [0.15, 0.2) is 0 Å². The third-order valence-corrected chi connectivity index (χ3v) is 4.50. The number of nitro benzene ring substituents is 1. The lowest BCUT2D eigenvalue weighted by molar-refractivity contribution is -0.387. The van der Waals surface area contributed by atoms with Crippen LogP contribution < -0.4 is 0 Å². The maximum absolute atomic E-state index is 13.7. The van der Waals surface area contributed by atoms with Crippen LogP contribution in [0.1, 0.15) is 24.8 Å². The number of hydrogen-bond acceptors (Lipinski definition) is 4. The van der Waals surface area contributed by atoms with Gasteiger partial charge in [0, 0.05) is 25.2 Å². The molecule has 0 amide bonds. The van der Waals surface area contributed by atoms with Crippen LogP contribution >= 0.6 is 0 Å². The van der Waals surface area contributed by atoms with Gasteiger partial charge in [0.05, 0.1) is 4.92 Å². The second-order valence-electron chi connectivity index (χ2n) is 5.96. The Bertz CT molecular complexity index is 538. The van der Waals surface area contributed by atoms with Crippen molar-refractivity contribution in [3.63, 3.8) is 0 Å². The van der Waals surface area contributed by atoms with Gasteiger partial charge in [-0.15, -0.1) is 0 Å². The van der Waals surface area contributed by atoms with Crippen molar-refractivity contribution in [1.82, 2.24) is 9.80 Å². The Morgan fingerprint density at radius 1 is 1.29 bits per heavy atom. The van der Waals surface area contributed by atoms with E-state index >= 15 is 0 Å². The Labute approximate surface area is 123 Å². The third kappa shape index (κ3) is 3.22. The van der Waals surface area contributed by atoms with Gasteiger partial charge in [-0.05, 0) is 50.5 Å². The van der Waals surface area contributed by atoms with E-state index in [1.807, 2.05) is 0 Å². The quantitative estimate of drug-likeness (QED) is 0.634. The molecule has 2 aliphatic rings. The number of benzene rings is 1. The summed E-state index contributed by atoms with van der Waals surface area (Å²) >= 11 is 0. The number of nitrogens with zero attached hydrogens (tertiary/aromatic N) is 3. The van der Waals surface area contributed by atoms with E-state index in [2.05, 4.69) is 9.80 Å². The summed E-state index contributed by atoms with van der Waals surface area (Å²) in [5, 5.41) is 10.6. The number of nitro groups is 1. The van der Waals surface area contributed by atoms with Gasteiger partial charge in [0.1, 0.15) is 0 Å². The minimum atomic E-state index is -0.741. The summed E-state index contributed by atoms with van der Waals surface area (Å²) in [5.41, 5.74) is 0.362. The maximum Gasteiger partial charge on any atom is 0.304 e. The first-order valence-electron chi connectivity index (χ1n) is 7.53. The van der Waals surface area contributed by atoms with Crippen molar-refractivity contribution >= 4 is 5.69 Å². The number of fused-ring (bicyclic) bond motifs is 1. The molecular weight excluding hydrogens is 273 g/mol. The lowest BCUT2D eigenvalue weighted by Gasteiger charge is -2.25. The van der Waals surface area contributed by atoms with E-state index < -0.39 is 16.4 Å². The van der Waals surface area contributed by atoms with E-state index in [9.17, 15) is 14.5 Å². The molecule has 6 heteroatoms. The highest BCUT2D eigenvalue weighted by Crippen LogP contribution is 2.23. The van der Waals surface area contributed by atoms with Crippen molar-refractivity contribution in [2.45, 2.75) is 31.8 Å². The van der Waals surface area contributed by atoms with Gasteiger partial charge >= 0.3 is 5.69 Å².